The van der Waals surface area contributed by atoms with E-state index in [0.29, 0.717) is 25.7 Å². The summed E-state index contributed by atoms with van der Waals surface area (Å²) in [7, 11) is -9.90. The van der Waals surface area contributed by atoms with Crippen LogP contribution in [0.15, 0.2) is 0 Å². The summed E-state index contributed by atoms with van der Waals surface area (Å²) in [5.41, 5.74) is 0. The van der Waals surface area contributed by atoms with Gasteiger partial charge in [-0.25, -0.2) is 9.13 Å². The first kappa shape index (κ1) is 92.1. The summed E-state index contributed by atoms with van der Waals surface area (Å²) in [6.07, 6.45) is 60.1. The van der Waals surface area contributed by atoms with Crippen molar-refractivity contribution in [2.75, 3.05) is 39.6 Å². The van der Waals surface area contributed by atoms with Crippen LogP contribution in [0.3, 0.4) is 0 Å². The first-order valence-corrected chi connectivity index (χ1v) is 42.3. The Morgan fingerprint density at radius 1 is 0.255 bits per heavy atom. The molecule has 0 bridgehead atoms. The zero-order chi connectivity index (χ0) is 69.0. The van der Waals surface area contributed by atoms with Gasteiger partial charge in [-0.15, -0.1) is 0 Å². The second-order valence-electron chi connectivity index (χ2n) is 27.0. The molecule has 0 amide bonds. The Balaban J connectivity index is 5.12. The minimum absolute atomic E-state index is 0.107. The fourth-order valence-electron chi connectivity index (χ4n) is 11.6. The van der Waals surface area contributed by atoms with Crippen LogP contribution >= 0.6 is 15.6 Å². The third-order valence-corrected chi connectivity index (χ3v) is 19.5. The van der Waals surface area contributed by atoms with Crippen LogP contribution in [0.2, 0.25) is 0 Å². The maximum absolute atomic E-state index is 13.1. The van der Waals surface area contributed by atoms with Crippen molar-refractivity contribution >= 4 is 39.5 Å². The predicted octanol–water partition coefficient (Wildman–Crippen LogP) is 22.2. The third-order valence-electron chi connectivity index (χ3n) is 17.6. The molecule has 0 aliphatic rings. The van der Waals surface area contributed by atoms with E-state index >= 15 is 0 Å². The number of ether oxygens (including phenoxy) is 4. The van der Waals surface area contributed by atoms with E-state index in [9.17, 15) is 43.2 Å². The summed E-state index contributed by atoms with van der Waals surface area (Å²) in [4.78, 5) is 72.5. The first-order valence-electron chi connectivity index (χ1n) is 39.3. The van der Waals surface area contributed by atoms with E-state index in [1.165, 1.54) is 225 Å². The highest BCUT2D eigenvalue weighted by Gasteiger charge is 2.30. The SMILES string of the molecule is CCCCCCCCCCCCCCCCCCCCCCC(=O)O[C@H](COC(=O)CCCCCCCCCCCCCCCCCCC)COP(=O)(O)OC[C@@H](O)COP(=O)(O)OC[C@@H](COC(=O)CCCCCCC)OC(=O)CCCCCCCCCCCCCC. The second kappa shape index (κ2) is 69.5. The van der Waals surface area contributed by atoms with Gasteiger partial charge in [0.15, 0.2) is 12.2 Å². The summed E-state index contributed by atoms with van der Waals surface area (Å²) >= 11 is 0. The van der Waals surface area contributed by atoms with Crippen molar-refractivity contribution in [3.63, 3.8) is 0 Å². The van der Waals surface area contributed by atoms with E-state index in [4.69, 9.17) is 37.0 Å². The number of hydrogen-bond donors (Lipinski definition) is 3. The number of rotatable bonds is 76. The minimum Gasteiger partial charge on any atom is -0.462 e. The summed E-state index contributed by atoms with van der Waals surface area (Å²) in [5, 5.41) is 10.6. The molecule has 0 aliphatic carbocycles. The molecule has 0 aromatic heterocycles. The van der Waals surface area contributed by atoms with Crippen molar-refractivity contribution in [3.8, 4) is 0 Å². The highest BCUT2D eigenvalue weighted by atomic mass is 31.2. The maximum atomic E-state index is 13.1. The molecule has 17 nitrogen and oxygen atoms in total. The number of aliphatic hydroxyl groups excluding tert-OH is 1. The number of carbonyl (C=O) groups is 4. The zero-order valence-electron chi connectivity index (χ0n) is 60.9. The quantitative estimate of drug-likeness (QED) is 0.0222. The molecule has 5 atom stereocenters. The van der Waals surface area contributed by atoms with Crippen LogP contribution in [0.25, 0.3) is 0 Å². The predicted molar refractivity (Wildman–Crippen MR) is 382 cm³/mol. The molecule has 0 spiro atoms. The monoisotopic (exact) mass is 1380 g/mol. The molecule has 0 heterocycles. The molecular formula is C75H146O17P2. The zero-order valence-corrected chi connectivity index (χ0v) is 62.7. The van der Waals surface area contributed by atoms with Crippen LogP contribution in [0.1, 0.15) is 400 Å². The van der Waals surface area contributed by atoms with Crippen LogP contribution in [0, 0.1) is 0 Å². The molecule has 558 valence electrons. The Morgan fingerprint density at radius 2 is 0.426 bits per heavy atom. The molecule has 2 unspecified atom stereocenters. The van der Waals surface area contributed by atoms with E-state index in [1.54, 1.807) is 0 Å². The lowest BCUT2D eigenvalue weighted by Crippen LogP contribution is -2.30. The Morgan fingerprint density at radius 3 is 0.628 bits per heavy atom. The van der Waals surface area contributed by atoms with Crippen LogP contribution in [0.4, 0.5) is 0 Å². The molecule has 0 rings (SSSR count). The molecule has 94 heavy (non-hydrogen) atoms. The summed E-state index contributed by atoms with van der Waals surface area (Å²) < 4.78 is 68.3. The third kappa shape index (κ3) is 68.6. The van der Waals surface area contributed by atoms with Gasteiger partial charge < -0.3 is 33.8 Å². The van der Waals surface area contributed by atoms with Gasteiger partial charge in [0.2, 0.25) is 0 Å². The number of phosphoric ester groups is 2. The lowest BCUT2D eigenvalue weighted by Gasteiger charge is -2.21. The molecule has 3 N–H and O–H groups in total. The van der Waals surface area contributed by atoms with E-state index in [0.717, 1.165) is 96.3 Å². The van der Waals surface area contributed by atoms with Crippen LogP contribution in [-0.4, -0.2) is 96.7 Å². The lowest BCUT2D eigenvalue weighted by molar-refractivity contribution is -0.161. The second-order valence-corrected chi connectivity index (χ2v) is 29.9. The van der Waals surface area contributed by atoms with Gasteiger partial charge in [-0.3, -0.25) is 37.3 Å². The van der Waals surface area contributed by atoms with Crippen molar-refractivity contribution in [2.45, 2.75) is 418 Å². The largest absolute Gasteiger partial charge is 0.472 e. The van der Waals surface area contributed by atoms with Crippen LogP contribution < -0.4 is 0 Å². The lowest BCUT2D eigenvalue weighted by atomic mass is 10.0. The van der Waals surface area contributed by atoms with Crippen molar-refractivity contribution in [3.05, 3.63) is 0 Å². The number of esters is 4. The maximum Gasteiger partial charge on any atom is 0.472 e. The molecule has 0 aliphatic heterocycles. The average molecular weight is 1380 g/mol. The molecule has 0 saturated heterocycles. The van der Waals surface area contributed by atoms with Crippen molar-refractivity contribution < 1.29 is 80.2 Å². The Kier molecular flexibility index (Phi) is 68.1. The standard InChI is InChI=1S/C75H146O17P2/c1-5-9-13-17-20-23-26-29-31-33-34-35-37-39-41-44-47-50-54-58-62-75(80)92-71(66-86-73(78)60-56-52-48-45-43-40-38-36-32-30-27-24-21-18-14-10-6-2)68-90-94(83,84)88-64-69(76)63-87-93(81,82)89-67-70(65-85-72(77)59-55-51-16-12-8-4)91-74(79)61-57-53-49-46-42-28-25-22-19-15-11-7-3/h69-71,76H,5-68H2,1-4H3,(H,81,82)(H,83,84)/t69-,70+,71+/m0/s1. The molecule has 19 heteroatoms. The van der Waals surface area contributed by atoms with Crippen LogP contribution in [-0.2, 0) is 65.4 Å². The van der Waals surface area contributed by atoms with Crippen LogP contribution in [0.5, 0.6) is 0 Å². The minimum atomic E-state index is -4.95. The fraction of sp³-hybridized carbons (Fsp3) is 0.947. The molecular weight excluding hydrogens is 1230 g/mol. The number of aliphatic hydroxyl groups is 1. The smallest absolute Gasteiger partial charge is 0.462 e. The molecule has 0 saturated carbocycles. The van der Waals surface area contributed by atoms with Crippen molar-refractivity contribution in [1.82, 2.24) is 0 Å². The van der Waals surface area contributed by atoms with Gasteiger partial charge in [0.1, 0.15) is 19.3 Å². The van der Waals surface area contributed by atoms with Gasteiger partial charge in [0.25, 0.3) is 0 Å². The van der Waals surface area contributed by atoms with E-state index in [1.807, 2.05) is 0 Å². The normalized spacial score (nSPS) is 13.9. The van der Waals surface area contributed by atoms with Gasteiger partial charge in [-0.2, -0.15) is 0 Å². The van der Waals surface area contributed by atoms with Crippen molar-refractivity contribution in [1.29, 1.82) is 0 Å². The molecule has 0 radical (unpaired) electrons. The first-order chi connectivity index (χ1) is 45.7. The highest BCUT2D eigenvalue weighted by molar-refractivity contribution is 7.47. The number of phosphoric acid groups is 2. The van der Waals surface area contributed by atoms with E-state index in [2.05, 4.69) is 27.7 Å². The molecule has 0 aromatic carbocycles. The number of hydrogen-bond acceptors (Lipinski definition) is 15. The van der Waals surface area contributed by atoms with Crippen molar-refractivity contribution in [2.24, 2.45) is 0 Å². The molecule has 0 fully saturated rings. The highest BCUT2D eigenvalue weighted by Crippen LogP contribution is 2.45. The van der Waals surface area contributed by atoms with Gasteiger partial charge in [-0.05, 0) is 25.7 Å². The van der Waals surface area contributed by atoms with Gasteiger partial charge >= 0.3 is 39.5 Å². The fourth-order valence-corrected chi connectivity index (χ4v) is 13.2. The topological polar surface area (TPSA) is 237 Å². The Hall–Kier alpha value is -1.94. The Bertz CT molecular complexity index is 1790. The van der Waals surface area contributed by atoms with E-state index < -0.39 is 97.5 Å². The van der Waals surface area contributed by atoms with Gasteiger partial charge in [0.05, 0.1) is 26.4 Å². The average Bonchev–Trinajstić information content (AvgIpc) is 3.51. The van der Waals surface area contributed by atoms with Gasteiger partial charge in [-0.1, -0.05) is 349 Å². The number of unbranched alkanes of at least 4 members (excludes halogenated alkanes) is 50. The number of carbonyl (C=O) groups excluding carboxylic acids is 4. The summed E-state index contributed by atoms with van der Waals surface area (Å²) in [6.45, 7) is 4.89. The molecule has 0 aromatic rings. The summed E-state index contributed by atoms with van der Waals surface area (Å²) in [5.74, 6) is -2.12. The Labute approximate surface area is 575 Å². The summed E-state index contributed by atoms with van der Waals surface area (Å²) in [6, 6.07) is 0. The van der Waals surface area contributed by atoms with E-state index in [-0.39, 0.29) is 25.7 Å². The van der Waals surface area contributed by atoms with Gasteiger partial charge in [0, 0.05) is 25.7 Å².